The fourth-order valence-corrected chi connectivity index (χ4v) is 5.78. The van der Waals surface area contributed by atoms with E-state index < -0.39 is 10.1 Å². The molecule has 0 atom stereocenters. The molecule has 0 fully saturated rings. The summed E-state index contributed by atoms with van der Waals surface area (Å²) < 4.78 is 35.3. The maximum absolute atomic E-state index is 10.4. The molecule has 0 aliphatic heterocycles. The zero-order valence-electron chi connectivity index (χ0n) is 22.3. The maximum Gasteiger partial charge on any atom is 0.169 e. The Morgan fingerprint density at radius 1 is 0.622 bits per heavy atom. The molecule has 2 heterocycles. The van der Waals surface area contributed by atoms with Gasteiger partial charge in [-0.05, 0) is 43.4 Å². The van der Waals surface area contributed by atoms with Crippen molar-refractivity contribution in [3.05, 3.63) is 78.9 Å². The second-order valence-electron chi connectivity index (χ2n) is 9.19. The standard InChI is InChI=1S/C22H34N2S2.C7H8O3S/c1-23-15-11-21(12-16-23)25-19-9-7-5-3-4-6-8-10-20-26-22-13-17-24(2)18-14-22;1-6-2-4-7(5-3-6)11(8,9)10/h11-18H,3-10,19-20H2,1-2H3;2-5H,1H3,(H,8,9,10)/q+2;/p-1. The number of unbranched alkanes of at least 4 members (excludes halogenated alkanes) is 7. The first-order chi connectivity index (χ1) is 17.7. The zero-order chi connectivity index (χ0) is 26.9. The first kappa shape index (κ1) is 31.3. The largest absolute Gasteiger partial charge is 0.744 e. The molecule has 202 valence electrons. The van der Waals surface area contributed by atoms with Crippen LogP contribution in [0.5, 0.6) is 0 Å². The first-order valence-corrected chi connectivity index (χ1v) is 16.3. The van der Waals surface area contributed by atoms with E-state index in [1.165, 1.54) is 84.8 Å². The molecule has 8 heteroatoms. The van der Waals surface area contributed by atoms with Gasteiger partial charge in [-0.2, -0.15) is 0 Å². The smallest absolute Gasteiger partial charge is 0.169 e. The second-order valence-corrected chi connectivity index (χ2v) is 12.9. The van der Waals surface area contributed by atoms with Crippen LogP contribution in [0.15, 0.2) is 88.0 Å². The summed E-state index contributed by atoms with van der Waals surface area (Å²) in [6, 6.07) is 14.6. The van der Waals surface area contributed by atoms with Crippen LogP contribution in [-0.2, 0) is 24.2 Å². The van der Waals surface area contributed by atoms with Gasteiger partial charge in [0, 0.05) is 34.1 Å². The number of pyridine rings is 2. The molecule has 0 saturated heterocycles. The minimum atomic E-state index is -4.27. The van der Waals surface area contributed by atoms with E-state index >= 15 is 0 Å². The summed E-state index contributed by atoms with van der Waals surface area (Å²) in [5.74, 6) is 2.50. The minimum absolute atomic E-state index is 0.178. The molecular weight excluding hydrogens is 521 g/mol. The molecule has 2 aromatic heterocycles. The number of hydrogen-bond acceptors (Lipinski definition) is 5. The minimum Gasteiger partial charge on any atom is -0.744 e. The van der Waals surface area contributed by atoms with Gasteiger partial charge in [0.25, 0.3) is 0 Å². The number of thioether (sulfide) groups is 2. The number of aromatic nitrogens is 2. The Labute approximate surface area is 232 Å². The zero-order valence-corrected chi connectivity index (χ0v) is 24.8. The van der Waals surface area contributed by atoms with Gasteiger partial charge in [-0.15, -0.1) is 23.5 Å². The van der Waals surface area contributed by atoms with E-state index in [-0.39, 0.29) is 4.90 Å². The predicted octanol–water partition coefficient (Wildman–Crippen LogP) is 6.24. The molecule has 0 bridgehead atoms. The predicted molar refractivity (Wildman–Crippen MR) is 153 cm³/mol. The van der Waals surface area contributed by atoms with Crippen molar-refractivity contribution in [2.45, 2.75) is 73.0 Å². The third kappa shape index (κ3) is 14.6. The van der Waals surface area contributed by atoms with Crippen LogP contribution in [0, 0.1) is 6.92 Å². The van der Waals surface area contributed by atoms with Crippen molar-refractivity contribution < 1.29 is 22.1 Å². The third-order valence-electron chi connectivity index (χ3n) is 5.78. The lowest BCUT2D eigenvalue weighted by atomic mass is 10.1. The molecule has 0 aliphatic carbocycles. The highest BCUT2D eigenvalue weighted by Gasteiger charge is 2.00. The summed E-state index contributed by atoms with van der Waals surface area (Å²) in [5.41, 5.74) is 0.928. The van der Waals surface area contributed by atoms with Gasteiger partial charge < -0.3 is 4.55 Å². The molecular formula is C29H41N2O3S3+. The quantitative estimate of drug-likeness (QED) is 0.101. The van der Waals surface area contributed by atoms with Crippen molar-refractivity contribution in [1.29, 1.82) is 0 Å². The molecule has 37 heavy (non-hydrogen) atoms. The van der Waals surface area contributed by atoms with Gasteiger partial charge in [0.05, 0.1) is 4.90 Å². The molecule has 0 N–H and O–H groups in total. The van der Waals surface area contributed by atoms with Crippen LogP contribution in [0.4, 0.5) is 0 Å². The summed E-state index contributed by atoms with van der Waals surface area (Å²) in [4.78, 5) is 2.61. The average molecular weight is 562 g/mol. The molecule has 0 amide bonds. The maximum atomic E-state index is 10.4. The second kappa shape index (κ2) is 17.6. The molecule has 5 nitrogen and oxygen atoms in total. The summed E-state index contributed by atoms with van der Waals surface area (Å²) in [6.07, 6.45) is 19.6. The number of benzene rings is 1. The molecule has 0 saturated carbocycles. The van der Waals surface area contributed by atoms with Crippen molar-refractivity contribution in [2.75, 3.05) is 11.5 Å². The molecule has 0 spiro atoms. The normalized spacial score (nSPS) is 11.1. The van der Waals surface area contributed by atoms with Crippen molar-refractivity contribution in [2.24, 2.45) is 14.1 Å². The Kier molecular flexibility index (Phi) is 14.9. The SMILES string of the molecule is C[n+]1ccc(SCCCCCCCCCCSc2cc[n+](C)cc2)cc1.Cc1ccc(S(=O)(=O)[O-])cc1. The topological polar surface area (TPSA) is 65.0 Å². The Balaban J connectivity index is 0.000000364. The van der Waals surface area contributed by atoms with Crippen LogP contribution >= 0.6 is 23.5 Å². The third-order valence-corrected chi connectivity index (χ3v) is 8.83. The van der Waals surface area contributed by atoms with Crippen LogP contribution in [0.1, 0.15) is 56.9 Å². The van der Waals surface area contributed by atoms with Crippen LogP contribution in [0.2, 0.25) is 0 Å². The van der Waals surface area contributed by atoms with Gasteiger partial charge in [-0.25, -0.2) is 17.6 Å². The summed E-state index contributed by atoms with van der Waals surface area (Å²) in [5, 5.41) is 0. The van der Waals surface area contributed by atoms with E-state index in [0.29, 0.717) is 0 Å². The van der Waals surface area contributed by atoms with Crippen LogP contribution in [0.25, 0.3) is 0 Å². The van der Waals surface area contributed by atoms with Gasteiger partial charge >= 0.3 is 0 Å². The average Bonchev–Trinajstić information content (AvgIpc) is 2.87. The fraction of sp³-hybridized carbons (Fsp3) is 0.448. The van der Waals surface area contributed by atoms with Gasteiger partial charge in [0.1, 0.15) is 24.2 Å². The van der Waals surface area contributed by atoms with Crippen LogP contribution < -0.4 is 9.13 Å². The van der Waals surface area contributed by atoms with E-state index in [4.69, 9.17) is 0 Å². The lowest BCUT2D eigenvalue weighted by Gasteiger charge is -2.05. The van der Waals surface area contributed by atoms with Crippen LogP contribution in [0.3, 0.4) is 0 Å². The monoisotopic (exact) mass is 561 g/mol. The fourth-order valence-electron chi connectivity index (χ4n) is 3.52. The Hall–Kier alpha value is -1.87. The van der Waals surface area contributed by atoms with E-state index in [0.717, 1.165) is 5.56 Å². The first-order valence-electron chi connectivity index (χ1n) is 12.9. The van der Waals surface area contributed by atoms with Crippen molar-refractivity contribution >= 4 is 33.6 Å². The highest BCUT2D eigenvalue weighted by Crippen LogP contribution is 2.20. The molecule has 0 aliphatic rings. The molecule has 3 aromatic rings. The number of rotatable bonds is 14. The Morgan fingerprint density at radius 3 is 1.32 bits per heavy atom. The molecule has 3 rings (SSSR count). The summed E-state index contributed by atoms with van der Waals surface area (Å²) in [6.45, 7) is 1.82. The molecule has 1 aromatic carbocycles. The number of aryl methyl sites for hydroxylation is 3. The lowest BCUT2D eigenvalue weighted by Crippen LogP contribution is -2.25. The highest BCUT2D eigenvalue weighted by atomic mass is 32.2. The summed E-state index contributed by atoms with van der Waals surface area (Å²) >= 11 is 3.98. The summed E-state index contributed by atoms with van der Waals surface area (Å²) in [7, 11) is -0.137. The molecule has 0 unspecified atom stereocenters. The molecule has 0 radical (unpaired) electrons. The van der Waals surface area contributed by atoms with E-state index in [2.05, 4.69) is 72.3 Å². The lowest BCUT2D eigenvalue weighted by molar-refractivity contribution is -0.671. The van der Waals surface area contributed by atoms with Crippen molar-refractivity contribution in [3.63, 3.8) is 0 Å². The van der Waals surface area contributed by atoms with Gasteiger partial charge in [-0.3, -0.25) is 0 Å². The van der Waals surface area contributed by atoms with E-state index in [1.54, 1.807) is 12.1 Å². The number of hydrogen-bond donors (Lipinski definition) is 0. The van der Waals surface area contributed by atoms with Crippen molar-refractivity contribution in [1.82, 2.24) is 0 Å². The van der Waals surface area contributed by atoms with Gasteiger partial charge in [-0.1, -0.05) is 56.2 Å². The van der Waals surface area contributed by atoms with Gasteiger partial charge in [0.2, 0.25) is 0 Å². The van der Waals surface area contributed by atoms with Gasteiger partial charge in [0.15, 0.2) is 24.8 Å². The van der Waals surface area contributed by atoms with Crippen LogP contribution in [-0.4, -0.2) is 24.5 Å². The number of nitrogens with zero attached hydrogens (tertiary/aromatic N) is 2. The Morgan fingerprint density at radius 2 is 0.973 bits per heavy atom. The van der Waals surface area contributed by atoms with E-state index in [1.807, 2.05) is 30.4 Å². The Bertz CT molecular complexity index is 1060. The highest BCUT2D eigenvalue weighted by molar-refractivity contribution is 7.99. The van der Waals surface area contributed by atoms with Crippen molar-refractivity contribution in [3.8, 4) is 0 Å². The van der Waals surface area contributed by atoms with E-state index in [9.17, 15) is 13.0 Å².